The largest absolute Gasteiger partial charge is 0.479 e. The Kier molecular flexibility index (Phi) is 13.5. The molecule has 15 atom stereocenters. The van der Waals surface area contributed by atoms with Gasteiger partial charge in [-0.05, 0) is 73.2 Å². The van der Waals surface area contributed by atoms with Gasteiger partial charge in [-0.25, -0.2) is 19.2 Å². The fraction of sp³-hybridized carbons (Fsp3) is 0.400. The zero-order valence-corrected chi connectivity index (χ0v) is 33.4. The number of nitrogens with two attached hydrogens (primary N) is 2. The lowest BCUT2D eigenvalue weighted by molar-refractivity contribution is -0.297. The molecule has 3 saturated heterocycles. The maximum absolute atomic E-state index is 14.0. The summed E-state index contributed by atoms with van der Waals surface area (Å²) in [6.45, 7) is 1.63. The van der Waals surface area contributed by atoms with Gasteiger partial charge in [-0.15, -0.1) is 0 Å². The molecule has 0 saturated carbocycles. The van der Waals surface area contributed by atoms with Crippen LogP contribution in [0.15, 0.2) is 86.9 Å². The zero-order chi connectivity index (χ0) is 45.4. The number of aliphatic hydroxyl groups excluding tert-OH is 7. The van der Waals surface area contributed by atoms with Crippen molar-refractivity contribution < 1.29 is 92.8 Å². The molecule has 4 aromatic rings. The number of anilines is 2. The molecule has 63 heavy (non-hydrogen) atoms. The van der Waals surface area contributed by atoms with Gasteiger partial charge < -0.3 is 89.9 Å². The van der Waals surface area contributed by atoms with E-state index >= 15 is 0 Å². The monoisotopic (exact) mass is 902 g/mol. The summed E-state index contributed by atoms with van der Waals surface area (Å²) in [5.74, 6) is -5.15. The van der Waals surface area contributed by atoms with Crippen LogP contribution in [-0.4, -0.2) is 150 Å². The number of benzene rings is 3. The van der Waals surface area contributed by atoms with Gasteiger partial charge in [0.05, 0.1) is 0 Å². The Morgan fingerprint density at radius 2 is 1.14 bits per heavy atom. The van der Waals surface area contributed by atoms with E-state index in [1.807, 2.05) is 0 Å². The van der Waals surface area contributed by atoms with Crippen molar-refractivity contribution in [3.05, 3.63) is 88.8 Å². The van der Waals surface area contributed by atoms with Gasteiger partial charge in [0.25, 0.3) is 0 Å². The van der Waals surface area contributed by atoms with Crippen LogP contribution in [0.5, 0.6) is 11.5 Å². The van der Waals surface area contributed by atoms with Crippen molar-refractivity contribution in [2.45, 2.75) is 103 Å². The van der Waals surface area contributed by atoms with Crippen molar-refractivity contribution in [2.75, 3.05) is 11.5 Å². The van der Waals surface area contributed by atoms with Gasteiger partial charge in [0.1, 0.15) is 65.2 Å². The Balaban J connectivity index is 1.21. The molecule has 0 unspecified atom stereocenters. The number of carbonyl (C=O) groups excluding carboxylic acids is 2. The number of aliphatic carboxylic acids is 1. The lowest BCUT2D eigenvalue weighted by Crippen LogP contribution is -2.66. The predicted octanol–water partition coefficient (Wildman–Crippen LogP) is -1.87. The first kappa shape index (κ1) is 45.5. The third-order valence-electron chi connectivity index (χ3n) is 10.3. The van der Waals surface area contributed by atoms with Crippen molar-refractivity contribution in [3.63, 3.8) is 0 Å². The number of aryl methyl sites for hydroxylation is 1. The Morgan fingerprint density at radius 3 is 1.78 bits per heavy atom. The highest BCUT2D eigenvalue weighted by molar-refractivity contribution is 7.99. The van der Waals surface area contributed by atoms with Crippen molar-refractivity contribution in [2.24, 2.45) is 0 Å². The summed E-state index contributed by atoms with van der Waals surface area (Å²) in [5.41, 5.74) is 10.6. The maximum Gasteiger partial charge on any atom is 0.338 e. The number of esters is 2. The average molecular weight is 903 g/mol. The zero-order valence-electron chi connectivity index (χ0n) is 32.6. The van der Waals surface area contributed by atoms with E-state index in [2.05, 4.69) is 0 Å². The lowest BCUT2D eigenvalue weighted by atomic mass is 9.96. The number of carboxylic acids is 1. The second-order valence-corrected chi connectivity index (χ2v) is 15.9. The summed E-state index contributed by atoms with van der Waals surface area (Å²) in [5, 5.41) is 86.8. The molecular weight excluding hydrogens is 861 g/mol. The lowest BCUT2D eigenvalue weighted by Gasteiger charge is -2.44. The van der Waals surface area contributed by atoms with Crippen LogP contribution >= 0.6 is 11.8 Å². The van der Waals surface area contributed by atoms with E-state index in [1.165, 1.54) is 60.7 Å². The first-order chi connectivity index (χ1) is 29.9. The third kappa shape index (κ3) is 9.68. The summed E-state index contributed by atoms with van der Waals surface area (Å²) in [6, 6.07) is 17.0. The number of rotatable bonds is 11. The normalized spacial score (nSPS) is 33.2. The van der Waals surface area contributed by atoms with Crippen LogP contribution in [0.4, 0.5) is 11.4 Å². The maximum atomic E-state index is 14.0. The number of hydrogen-bond acceptors (Lipinski definition) is 22. The van der Waals surface area contributed by atoms with Gasteiger partial charge in [-0.2, -0.15) is 0 Å². The van der Waals surface area contributed by atoms with Gasteiger partial charge in [0, 0.05) is 33.8 Å². The molecule has 23 heteroatoms. The van der Waals surface area contributed by atoms with E-state index in [9.17, 15) is 60.0 Å². The minimum absolute atomic E-state index is 0.00589. The highest BCUT2D eigenvalue weighted by Gasteiger charge is 2.57. The molecule has 1 aromatic heterocycles. The van der Waals surface area contributed by atoms with E-state index in [4.69, 9.17) is 49.0 Å². The molecule has 0 aliphatic carbocycles. The number of fused-ring (bicyclic) bond motifs is 1. The van der Waals surface area contributed by atoms with E-state index in [-0.39, 0.29) is 17.1 Å². The van der Waals surface area contributed by atoms with Crippen molar-refractivity contribution in [3.8, 4) is 11.5 Å². The molecular formula is C40H42N2O20S. The van der Waals surface area contributed by atoms with Crippen molar-refractivity contribution in [1.82, 2.24) is 0 Å². The molecule has 338 valence electrons. The summed E-state index contributed by atoms with van der Waals surface area (Å²) in [4.78, 5) is 53.1. The van der Waals surface area contributed by atoms with Gasteiger partial charge in [0.15, 0.2) is 24.4 Å². The number of carboxylic acid groups (broad SMARTS) is 1. The van der Waals surface area contributed by atoms with Crippen LogP contribution in [0.25, 0.3) is 11.0 Å². The molecule has 0 spiro atoms. The topological polar surface area (TPSA) is 360 Å². The molecule has 12 N–H and O–H groups in total. The Bertz CT molecular complexity index is 2350. The number of nitrogen functional groups attached to an aromatic ring is 2. The molecule has 0 radical (unpaired) electrons. The number of carbonyl (C=O) groups is 3. The first-order valence-corrected chi connectivity index (χ1v) is 19.9. The van der Waals surface area contributed by atoms with Crippen LogP contribution in [-0.2, 0) is 38.1 Å². The van der Waals surface area contributed by atoms with Crippen LogP contribution < -0.4 is 26.6 Å². The van der Waals surface area contributed by atoms with E-state index in [0.717, 1.165) is 11.8 Å². The van der Waals surface area contributed by atoms with E-state index in [1.54, 1.807) is 19.1 Å². The molecule has 3 aliphatic heterocycles. The number of aliphatic hydroxyl groups is 7. The summed E-state index contributed by atoms with van der Waals surface area (Å²) < 4.78 is 44.8. The summed E-state index contributed by atoms with van der Waals surface area (Å²) in [7, 11) is 0. The van der Waals surface area contributed by atoms with Crippen LogP contribution in [0.1, 0.15) is 5.56 Å². The molecule has 0 amide bonds. The average Bonchev–Trinajstić information content (AvgIpc) is 3.24. The standard InChI is InChI=1S/C40H42N2O20S/c1-14-12-22(43)57-21-13-18(8-11-20(14)21)56-39-34(59-36(53)32-25(46)23(44)27(48)38(61-32)55-17-6-2-15(41)3-7-17)30(29(50)31(60-39)35(51)52)58-37(54)33-26(47)24(45)28(49)40(62-33)63-19-9-4-16(42)5-10-19/h2-13,23-34,38-40,44-50H,41-42H2,1H3,(H,51,52)/t23-,24-,25-,26-,27+,28+,29-,30-,31-,32-,33-,34+,38+,39+,40-/m0/s1. The molecule has 3 aromatic carbocycles. The molecule has 3 aliphatic rings. The second-order valence-electron chi connectivity index (χ2n) is 14.7. The van der Waals surface area contributed by atoms with Gasteiger partial charge >= 0.3 is 23.5 Å². The third-order valence-corrected chi connectivity index (χ3v) is 11.5. The molecule has 7 rings (SSSR count). The number of hydrogen-bond donors (Lipinski definition) is 10. The fourth-order valence-corrected chi connectivity index (χ4v) is 7.98. The molecule has 0 bridgehead atoms. The molecule has 3 fully saturated rings. The Labute approximate surface area is 359 Å². The highest BCUT2D eigenvalue weighted by atomic mass is 32.2. The van der Waals surface area contributed by atoms with Gasteiger partial charge in [0.2, 0.25) is 18.7 Å². The predicted molar refractivity (Wildman–Crippen MR) is 211 cm³/mol. The van der Waals surface area contributed by atoms with Crippen molar-refractivity contribution >= 4 is 52.0 Å². The molecule has 4 heterocycles. The van der Waals surface area contributed by atoms with Crippen LogP contribution in [0.2, 0.25) is 0 Å². The van der Waals surface area contributed by atoms with Gasteiger partial charge in [-0.1, -0.05) is 11.8 Å². The quantitative estimate of drug-likeness (QED) is 0.0447. The summed E-state index contributed by atoms with van der Waals surface area (Å²) >= 11 is 0.828. The van der Waals surface area contributed by atoms with Crippen LogP contribution in [0, 0.1) is 6.92 Å². The SMILES string of the molecule is Cc1cc(=O)oc2cc(O[C@@H]3O[C@H](C(=O)O)[C@@H](O)[C@H](OC(=O)[C@H]4O[C@@H](Sc5ccc(N)cc5)[C@H](O)[C@@H](O)[C@@H]4O)[C@H]3OC(=O)[C@H]3O[C@@H](Oc4ccc(N)cc4)[C@H](O)[C@@H](O)[C@@H]3O)ccc12. The van der Waals surface area contributed by atoms with Crippen LogP contribution in [0.3, 0.4) is 0 Å². The molecule has 22 nitrogen and oxygen atoms in total. The first-order valence-electron chi connectivity index (χ1n) is 19.0. The Hall–Kier alpha value is -5.57. The van der Waals surface area contributed by atoms with Gasteiger partial charge in [-0.3, -0.25) is 0 Å². The van der Waals surface area contributed by atoms with E-state index < -0.39 is 115 Å². The van der Waals surface area contributed by atoms with E-state index in [0.29, 0.717) is 27.2 Å². The summed E-state index contributed by atoms with van der Waals surface area (Å²) in [6.07, 6.45) is -29.9. The Morgan fingerprint density at radius 1 is 0.603 bits per heavy atom. The number of thioether (sulfide) groups is 1. The second kappa shape index (κ2) is 18.6. The minimum Gasteiger partial charge on any atom is -0.479 e. The fourth-order valence-electron chi connectivity index (χ4n) is 6.94. The highest BCUT2D eigenvalue weighted by Crippen LogP contribution is 2.37. The minimum atomic E-state index is -2.41. The number of ether oxygens (including phenoxy) is 7. The van der Waals surface area contributed by atoms with Crippen molar-refractivity contribution in [1.29, 1.82) is 0 Å². The smallest absolute Gasteiger partial charge is 0.338 e.